The maximum absolute atomic E-state index is 14.1. The third-order valence-corrected chi connectivity index (χ3v) is 3.29. The Morgan fingerprint density at radius 3 is 2.94 bits per heavy atom. The molecule has 2 rings (SSSR count). The van der Waals surface area contributed by atoms with Crippen LogP contribution in [-0.2, 0) is 11.2 Å². The molecule has 0 radical (unpaired) electrons. The Morgan fingerprint density at radius 1 is 1.44 bits per heavy atom. The van der Waals surface area contributed by atoms with Crippen LogP contribution in [0.25, 0.3) is 0 Å². The van der Waals surface area contributed by atoms with E-state index in [-0.39, 0.29) is 11.9 Å². The van der Waals surface area contributed by atoms with Crippen LogP contribution in [0.3, 0.4) is 0 Å². The van der Waals surface area contributed by atoms with Crippen molar-refractivity contribution in [2.24, 2.45) is 0 Å². The molecule has 1 fully saturated rings. The van der Waals surface area contributed by atoms with Crippen molar-refractivity contribution in [2.75, 3.05) is 25.1 Å². The average Bonchev–Trinajstić information content (AvgIpc) is 2.40. The highest BCUT2D eigenvalue weighted by Crippen LogP contribution is 2.20. The normalized spacial score (nSPS) is 19.8. The van der Waals surface area contributed by atoms with E-state index in [0.29, 0.717) is 24.5 Å². The number of aryl methyl sites for hydroxylation is 1. The molecule has 0 saturated carbocycles. The van der Waals surface area contributed by atoms with Crippen molar-refractivity contribution in [2.45, 2.75) is 38.7 Å². The van der Waals surface area contributed by atoms with E-state index in [0.717, 1.165) is 19.4 Å². The molecule has 0 bridgehead atoms. The minimum absolute atomic E-state index is 0.184. The lowest BCUT2D eigenvalue weighted by Gasteiger charge is -2.28. The molecule has 0 spiro atoms. The Bertz CT molecular complexity index is 394. The number of ether oxygens (including phenoxy) is 1. The average molecular weight is 253 g/mol. The zero-order chi connectivity index (χ0) is 13.0. The minimum Gasteiger partial charge on any atom is -0.376 e. The number of anilines is 1. The third-order valence-electron chi connectivity index (χ3n) is 3.29. The molecule has 4 nitrogen and oxygen atoms in total. The number of hydrogen-bond acceptors (Lipinski definition) is 4. The zero-order valence-corrected chi connectivity index (χ0v) is 11.0. The first-order valence-corrected chi connectivity index (χ1v) is 6.54. The third kappa shape index (κ3) is 2.96. The van der Waals surface area contributed by atoms with Crippen LogP contribution < -0.4 is 4.90 Å². The number of aromatic nitrogens is 2. The van der Waals surface area contributed by atoms with Crippen molar-refractivity contribution in [1.29, 1.82) is 0 Å². The van der Waals surface area contributed by atoms with Crippen LogP contribution in [0.1, 0.15) is 31.9 Å². The Balaban J connectivity index is 2.05. The molecule has 5 heteroatoms. The highest BCUT2D eigenvalue weighted by Gasteiger charge is 2.19. The predicted molar refractivity (Wildman–Crippen MR) is 68.2 cm³/mol. The largest absolute Gasteiger partial charge is 0.376 e. The second kappa shape index (κ2) is 6.09. The molecule has 100 valence electrons. The quantitative estimate of drug-likeness (QED) is 0.824. The molecule has 0 N–H and O–H groups in total. The van der Waals surface area contributed by atoms with Gasteiger partial charge in [0.1, 0.15) is 6.33 Å². The molecule has 0 amide bonds. The second-order valence-electron chi connectivity index (χ2n) is 4.68. The van der Waals surface area contributed by atoms with E-state index in [1.807, 2.05) is 18.9 Å². The summed E-state index contributed by atoms with van der Waals surface area (Å²) in [5, 5.41) is 0. The highest BCUT2D eigenvalue weighted by atomic mass is 19.1. The van der Waals surface area contributed by atoms with E-state index in [1.54, 1.807) is 0 Å². The van der Waals surface area contributed by atoms with Gasteiger partial charge < -0.3 is 9.64 Å². The summed E-state index contributed by atoms with van der Waals surface area (Å²) in [4.78, 5) is 9.80. The monoisotopic (exact) mass is 253 g/mol. The van der Waals surface area contributed by atoms with E-state index >= 15 is 0 Å². The number of rotatable bonds is 4. The summed E-state index contributed by atoms with van der Waals surface area (Å²) in [5.41, 5.74) is 0.469. The van der Waals surface area contributed by atoms with E-state index in [9.17, 15) is 4.39 Å². The first-order chi connectivity index (χ1) is 8.72. The summed E-state index contributed by atoms with van der Waals surface area (Å²) in [7, 11) is 1.85. The molecular weight excluding hydrogens is 233 g/mol. The Labute approximate surface area is 107 Å². The van der Waals surface area contributed by atoms with Crippen LogP contribution in [0, 0.1) is 5.82 Å². The highest BCUT2D eigenvalue weighted by molar-refractivity contribution is 5.40. The zero-order valence-electron chi connectivity index (χ0n) is 11.0. The van der Waals surface area contributed by atoms with Gasteiger partial charge in [0.15, 0.2) is 11.6 Å². The van der Waals surface area contributed by atoms with Gasteiger partial charge in [0.2, 0.25) is 0 Å². The van der Waals surface area contributed by atoms with E-state index in [4.69, 9.17) is 4.74 Å². The Hall–Kier alpha value is -1.23. The summed E-state index contributed by atoms with van der Waals surface area (Å²) >= 11 is 0. The lowest BCUT2D eigenvalue weighted by molar-refractivity contribution is 0.0214. The van der Waals surface area contributed by atoms with E-state index in [2.05, 4.69) is 9.97 Å². The van der Waals surface area contributed by atoms with Crippen molar-refractivity contribution in [3.63, 3.8) is 0 Å². The molecule has 18 heavy (non-hydrogen) atoms. The van der Waals surface area contributed by atoms with E-state index < -0.39 is 0 Å². The molecule has 1 saturated heterocycles. The van der Waals surface area contributed by atoms with Crippen LogP contribution in [0.4, 0.5) is 10.2 Å². The maximum Gasteiger partial charge on any atom is 0.187 e. The lowest BCUT2D eigenvalue weighted by Crippen LogP contribution is -2.34. The topological polar surface area (TPSA) is 38.2 Å². The summed E-state index contributed by atoms with van der Waals surface area (Å²) in [6.45, 7) is 3.38. The van der Waals surface area contributed by atoms with Crippen LogP contribution >= 0.6 is 0 Å². The lowest BCUT2D eigenvalue weighted by atomic mass is 10.1. The fourth-order valence-electron chi connectivity index (χ4n) is 2.25. The number of halogens is 1. The molecule has 1 atom stereocenters. The van der Waals surface area contributed by atoms with Crippen LogP contribution in [0.2, 0.25) is 0 Å². The van der Waals surface area contributed by atoms with Gasteiger partial charge in [-0.05, 0) is 25.7 Å². The smallest absolute Gasteiger partial charge is 0.187 e. The fraction of sp³-hybridized carbons (Fsp3) is 0.692. The van der Waals surface area contributed by atoms with Gasteiger partial charge in [-0.15, -0.1) is 0 Å². The van der Waals surface area contributed by atoms with Crippen molar-refractivity contribution in [3.05, 3.63) is 17.8 Å². The Kier molecular flexibility index (Phi) is 4.47. The first kappa shape index (κ1) is 13.2. The van der Waals surface area contributed by atoms with Gasteiger partial charge >= 0.3 is 0 Å². The first-order valence-electron chi connectivity index (χ1n) is 6.54. The molecule has 1 aromatic rings. The standard InChI is InChI=1S/C13H20FN3O/c1-3-11-12(14)13(16-9-15-11)17(2)8-10-6-4-5-7-18-10/h9-10H,3-8H2,1-2H3. The van der Waals surface area contributed by atoms with Crippen LogP contribution in [-0.4, -0.2) is 36.3 Å². The molecule has 0 aliphatic carbocycles. The van der Waals surface area contributed by atoms with Crippen molar-refractivity contribution >= 4 is 5.82 Å². The number of nitrogens with zero attached hydrogens (tertiary/aromatic N) is 3. The molecule has 1 unspecified atom stereocenters. The predicted octanol–water partition coefficient (Wildman–Crippen LogP) is 2.18. The van der Waals surface area contributed by atoms with Gasteiger partial charge in [0, 0.05) is 20.2 Å². The molecule has 1 aromatic heterocycles. The number of hydrogen-bond donors (Lipinski definition) is 0. The molecular formula is C13H20FN3O. The summed E-state index contributed by atoms with van der Waals surface area (Å²) in [6, 6.07) is 0. The van der Waals surface area contributed by atoms with Crippen LogP contribution in [0.15, 0.2) is 6.33 Å². The van der Waals surface area contributed by atoms with Crippen molar-refractivity contribution in [3.8, 4) is 0 Å². The van der Waals surface area contributed by atoms with Gasteiger partial charge in [0.25, 0.3) is 0 Å². The van der Waals surface area contributed by atoms with Crippen molar-refractivity contribution < 1.29 is 9.13 Å². The van der Waals surface area contributed by atoms with Gasteiger partial charge in [-0.1, -0.05) is 6.92 Å². The summed E-state index contributed by atoms with van der Waals surface area (Å²) in [6.07, 6.45) is 5.54. The fourth-order valence-corrected chi connectivity index (χ4v) is 2.25. The van der Waals surface area contributed by atoms with Gasteiger partial charge in [-0.25, -0.2) is 14.4 Å². The van der Waals surface area contributed by atoms with Gasteiger partial charge in [-0.2, -0.15) is 0 Å². The SMILES string of the molecule is CCc1ncnc(N(C)CC2CCCCO2)c1F. The maximum atomic E-state index is 14.1. The second-order valence-corrected chi connectivity index (χ2v) is 4.68. The van der Waals surface area contributed by atoms with Gasteiger partial charge in [0.05, 0.1) is 11.8 Å². The van der Waals surface area contributed by atoms with Gasteiger partial charge in [-0.3, -0.25) is 0 Å². The van der Waals surface area contributed by atoms with Crippen LogP contribution in [0.5, 0.6) is 0 Å². The number of likely N-dealkylation sites (N-methyl/N-ethyl adjacent to an activating group) is 1. The van der Waals surface area contributed by atoms with Crippen molar-refractivity contribution in [1.82, 2.24) is 9.97 Å². The summed E-state index contributed by atoms with van der Waals surface area (Å²) < 4.78 is 19.7. The minimum atomic E-state index is -0.307. The molecule has 1 aliphatic heterocycles. The molecule has 1 aliphatic rings. The molecule has 0 aromatic carbocycles. The molecule has 2 heterocycles. The van der Waals surface area contributed by atoms with E-state index in [1.165, 1.54) is 12.7 Å². The summed E-state index contributed by atoms with van der Waals surface area (Å²) in [5.74, 6) is 0.0642. The Morgan fingerprint density at radius 2 is 2.28 bits per heavy atom.